The van der Waals surface area contributed by atoms with Gasteiger partial charge in [0.1, 0.15) is 0 Å². The summed E-state index contributed by atoms with van der Waals surface area (Å²) >= 11 is 0. The van der Waals surface area contributed by atoms with Crippen molar-refractivity contribution in [3.05, 3.63) is 29.3 Å². The standard InChI is InChI=1S/C14H20N2O3/c1-10-9-11(6-7-12(10)14(18)19-3)16-13(17)5-4-8-15-2/h6-7,9,15H,4-5,8H2,1-3H3,(H,16,17). The highest BCUT2D eigenvalue weighted by Crippen LogP contribution is 2.16. The lowest BCUT2D eigenvalue weighted by Crippen LogP contribution is -2.15. The van der Waals surface area contributed by atoms with Crippen LogP contribution in [0.25, 0.3) is 0 Å². The van der Waals surface area contributed by atoms with Crippen molar-refractivity contribution in [3.63, 3.8) is 0 Å². The number of esters is 1. The Labute approximate surface area is 113 Å². The van der Waals surface area contributed by atoms with Gasteiger partial charge in [0.2, 0.25) is 5.91 Å². The fourth-order valence-corrected chi connectivity index (χ4v) is 1.73. The Bertz CT molecular complexity index is 458. The SMILES string of the molecule is CNCCCC(=O)Nc1ccc(C(=O)OC)c(C)c1. The fraction of sp³-hybridized carbons (Fsp3) is 0.429. The van der Waals surface area contributed by atoms with Crippen molar-refractivity contribution >= 4 is 17.6 Å². The molecule has 0 aromatic heterocycles. The minimum atomic E-state index is -0.371. The molecular weight excluding hydrogens is 244 g/mol. The normalized spacial score (nSPS) is 10.1. The van der Waals surface area contributed by atoms with Crippen LogP contribution in [0.5, 0.6) is 0 Å². The Balaban J connectivity index is 2.63. The van der Waals surface area contributed by atoms with Crippen LogP contribution in [0, 0.1) is 6.92 Å². The molecule has 0 atom stereocenters. The van der Waals surface area contributed by atoms with Gasteiger partial charge >= 0.3 is 5.97 Å². The smallest absolute Gasteiger partial charge is 0.338 e. The molecule has 1 aromatic rings. The Kier molecular flexibility index (Phi) is 6.02. The second kappa shape index (κ2) is 7.53. The van der Waals surface area contributed by atoms with Crippen LogP contribution in [-0.2, 0) is 9.53 Å². The van der Waals surface area contributed by atoms with E-state index in [0.29, 0.717) is 17.7 Å². The summed E-state index contributed by atoms with van der Waals surface area (Å²) in [5, 5.41) is 5.80. The van der Waals surface area contributed by atoms with Crippen molar-refractivity contribution in [2.24, 2.45) is 0 Å². The highest BCUT2D eigenvalue weighted by molar-refractivity contribution is 5.94. The van der Waals surface area contributed by atoms with Crippen LogP contribution in [0.3, 0.4) is 0 Å². The first-order chi connectivity index (χ1) is 9.08. The van der Waals surface area contributed by atoms with Crippen LogP contribution in [0.4, 0.5) is 5.69 Å². The number of carbonyl (C=O) groups is 2. The van der Waals surface area contributed by atoms with E-state index in [2.05, 4.69) is 15.4 Å². The van der Waals surface area contributed by atoms with Gasteiger partial charge in [-0.05, 0) is 50.7 Å². The van der Waals surface area contributed by atoms with E-state index in [9.17, 15) is 9.59 Å². The molecule has 0 aliphatic heterocycles. The molecule has 5 heteroatoms. The molecule has 0 fully saturated rings. The number of hydrogen-bond acceptors (Lipinski definition) is 4. The molecule has 0 heterocycles. The van der Waals surface area contributed by atoms with Crippen LogP contribution in [0.1, 0.15) is 28.8 Å². The Hall–Kier alpha value is -1.88. The van der Waals surface area contributed by atoms with Gasteiger partial charge in [0, 0.05) is 12.1 Å². The van der Waals surface area contributed by atoms with Gasteiger partial charge in [-0.25, -0.2) is 4.79 Å². The summed E-state index contributed by atoms with van der Waals surface area (Å²) in [6.45, 7) is 2.62. The van der Waals surface area contributed by atoms with Crippen LogP contribution < -0.4 is 10.6 Å². The van der Waals surface area contributed by atoms with Gasteiger partial charge in [-0.1, -0.05) is 0 Å². The number of hydrogen-bond donors (Lipinski definition) is 2. The van der Waals surface area contributed by atoms with Crippen molar-refractivity contribution in [2.45, 2.75) is 19.8 Å². The maximum absolute atomic E-state index is 11.6. The molecule has 0 radical (unpaired) electrons. The predicted octanol–water partition coefficient (Wildman–Crippen LogP) is 1.72. The molecule has 5 nitrogen and oxygen atoms in total. The molecule has 0 saturated heterocycles. The molecule has 0 bridgehead atoms. The first-order valence-corrected chi connectivity index (χ1v) is 6.22. The van der Waals surface area contributed by atoms with Crippen LogP contribution >= 0.6 is 0 Å². The van der Waals surface area contributed by atoms with Gasteiger partial charge in [0.15, 0.2) is 0 Å². The average Bonchev–Trinajstić information content (AvgIpc) is 2.38. The second-order valence-electron chi connectivity index (χ2n) is 4.28. The molecule has 1 aromatic carbocycles. The lowest BCUT2D eigenvalue weighted by atomic mass is 10.1. The quantitative estimate of drug-likeness (QED) is 0.606. The van der Waals surface area contributed by atoms with E-state index in [-0.39, 0.29) is 11.9 Å². The number of carbonyl (C=O) groups excluding carboxylic acids is 2. The van der Waals surface area contributed by atoms with Gasteiger partial charge in [0.05, 0.1) is 12.7 Å². The van der Waals surface area contributed by atoms with E-state index >= 15 is 0 Å². The third-order valence-corrected chi connectivity index (χ3v) is 2.75. The van der Waals surface area contributed by atoms with E-state index in [1.54, 1.807) is 18.2 Å². The van der Waals surface area contributed by atoms with E-state index in [1.165, 1.54) is 7.11 Å². The zero-order chi connectivity index (χ0) is 14.3. The number of amides is 1. The summed E-state index contributed by atoms with van der Waals surface area (Å²) < 4.78 is 4.67. The molecule has 0 aliphatic rings. The molecule has 0 saturated carbocycles. The summed E-state index contributed by atoms with van der Waals surface area (Å²) in [7, 11) is 3.20. The largest absolute Gasteiger partial charge is 0.465 e. The van der Waals surface area contributed by atoms with E-state index < -0.39 is 0 Å². The number of nitrogens with one attached hydrogen (secondary N) is 2. The number of benzene rings is 1. The molecule has 0 spiro atoms. The molecule has 0 unspecified atom stereocenters. The number of anilines is 1. The zero-order valence-electron chi connectivity index (χ0n) is 11.6. The van der Waals surface area contributed by atoms with Gasteiger partial charge in [0.25, 0.3) is 0 Å². The third kappa shape index (κ3) is 4.71. The summed E-state index contributed by atoms with van der Waals surface area (Å²) in [5.41, 5.74) is 1.98. The van der Waals surface area contributed by atoms with E-state index in [4.69, 9.17) is 0 Å². The lowest BCUT2D eigenvalue weighted by Gasteiger charge is -2.08. The first kappa shape index (κ1) is 15.2. The van der Waals surface area contributed by atoms with E-state index in [0.717, 1.165) is 18.5 Å². The third-order valence-electron chi connectivity index (χ3n) is 2.75. The van der Waals surface area contributed by atoms with Crippen molar-refractivity contribution in [2.75, 3.05) is 26.0 Å². The second-order valence-corrected chi connectivity index (χ2v) is 4.28. The number of methoxy groups -OCH3 is 1. The highest BCUT2D eigenvalue weighted by atomic mass is 16.5. The van der Waals surface area contributed by atoms with Crippen LogP contribution in [0.2, 0.25) is 0 Å². The van der Waals surface area contributed by atoms with Crippen molar-refractivity contribution in [1.82, 2.24) is 5.32 Å². The van der Waals surface area contributed by atoms with Crippen molar-refractivity contribution in [1.29, 1.82) is 0 Å². The maximum atomic E-state index is 11.6. The first-order valence-electron chi connectivity index (χ1n) is 6.22. The Morgan fingerprint density at radius 2 is 2.05 bits per heavy atom. The summed E-state index contributed by atoms with van der Waals surface area (Å²) in [6, 6.07) is 5.13. The summed E-state index contributed by atoms with van der Waals surface area (Å²) in [6.07, 6.45) is 1.26. The average molecular weight is 264 g/mol. The molecule has 2 N–H and O–H groups in total. The van der Waals surface area contributed by atoms with Crippen molar-refractivity contribution in [3.8, 4) is 0 Å². The highest BCUT2D eigenvalue weighted by Gasteiger charge is 2.10. The lowest BCUT2D eigenvalue weighted by molar-refractivity contribution is -0.116. The molecule has 104 valence electrons. The molecule has 1 amide bonds. The number of ether oxygens (including phenoxy) is 1. The van der Waals surface area contributed by atoms with Gasteiger partial charge < -0.3 is 15.4 Å². The minimum Gasteiger partial charge on any atom is -0.465 e. The molecule has 19 heavy (non-hydrogen) atoms. The minimum absolute atomic E-state index is 0.0273. The van der Waals surface area contributed by atoms with Crippen LogP contribution in [0.15, 0.2) is 18.2 Å². The van der Waals surface area contributed by atoms with Gasteiger partial charge in [-0.3, -0.25) is 4.79 Å². The Morgan fingerprint density at radius 3 is 2.63 bits per heavy atom. The predicted molar refractivity (Wildman–Crippen MR) is 74.3 cm³/mol. The molecular formula is C14H20N2O3. The molecule has 0 aliphatic carbocycles. The van der Waals surface area contributed by atoms with Crippen molar-refractivity contribution < 1.29 is 14.3 Å². The summed E-state index contributed by atoms with van der Waals surface area (Å²) in [5.74, 6) is -0.398. The Morgan fingerprint density at radius 1 is 1.32 bits per heavy atom. The zero-order valence-corrected chi connectivity index (χ0v) is 11.6. The van der Waals surface area contributed by atoms with Crippen LogP contribution in [-0.4, -0.2) is 32.6 Å². The number of aryl methyl sites for hydroxylation is 1. The van der Waals surface area contributed by atoms with Gasteiger partial charge in [-0.15, -0.1) is 0 Å². The van der Waals surface area contributed by atoms with E-state index in [1.807, 2.05) is 14.0 Å². The number of rotatable bonds is 6. The monoisotopic (exact) mass is 264 g/mol. The fourth-order valence-electron chi connectivity index (χ4n) is 1.73. The topological polar surface area (TPSA) is 67.4 Å². The molecule has 1 rings (SSSR count). The summed E-state index contributed by atoms with van der Waals surface area (Å²) in [4.78, 5) is 23.1. The maximum Gasteiger partial charge on any atom is 0.338 e. The van der Waals surface area contributed by atoms with Gasteiger partial charge in [-0.2, -0.15) is 0 Å².